The van der Waals surface area contributed by atoms with Crippen molar-refractivity contribution in [2.24, 2.45) is 5.92 Å². The van der Waals surface area contributed by atoms with Crippen LogP contribution in [0.3, 0.4) is 0 Å². The Bertz CT molecular complexity index is 885. The highest BCUT2D eigenvalue weighted by Gasteiger charge is 2.34. The summed E-state index contributed by atoms with van der Waals surface area (Å²) in [6.07, 6.45) is 12.1. The number of imidazole rings is 1. The second-order valence-electron chi connectivity index (χ2n) is 8.17. The van der Waals surface area contributed by atoms with Gasteiger partial charge in [0.25, 0.3) is 0 Å². The first-order valence-corrected chi connectivity index (χ1v) is 12.1. The van der Waals surface area contributed by atoms with Gasteiger partial charge >= 0.3 is 12.0 Å². The number of nitrogens with zero attached hydrogens (tertiary/aromatic N) is 3. The zero-order valence-electron chi connectivity index (χ0n) is 17.0. The minimum atomic E-state index is -1.07. The SMILES string of the molecule is CC1CCC(N(C(=O)Nc2ncc(Sc3nc(C(=O)O)c[nH]3)s2)C2CCCC2)CC1. The molecule has 30 heavy (non-hydrogen) atoms. The molecule has 2 amide bonds. The zero-order valence-corrected chi connectivity index (χ0v) is 18.6. The van der Waals surface area contributed by atoms with Gasteiger partial charge < -0.3 is 15.0 Å². The maximum Gasteiger partial charge on any atom is 0.356 e. The molecule has 2 aromatic heterocycles. The van der Waals surface area contributed by atoms with Crippen LogP contribution in [0.2, 0.25) is 0 Å². The van der Waals surface area contributed by atoms with Gasteiger partial charge in [0, 0.05) is 18.3 Å². The fourth-order valence-corrected chi connectivity index (χ4v) is 6.15. The average Bonchev–Trinajstić information content (AvgIpc) is 3.47. The monoisotopic (exact) mass is 449 g/mol. The number of hydrogen-bond donors (Lipinski definition) is 3. The first kappa shape index (κ1) is 21.2. The second-order valence-corrected chi connectivity index (χ2v) is 10.5. The lowest BCUT2D eigenvalue weighted by molar-refractivity contribution is 0.0690. The average molecular weight is 450 g/mol. The van der Waals surface area contributed by atoms with Gasteiger partial charge in [-0.05, 0) is 56.2 Å². The summed E-state index contributed by atoms with van der Waals surface area (Å²) in [5.41, 5.74) is -0.0236. The molecule has 2 aliphatic rings. The summed E-state index contributed by atoms with van der Waals surface area (Å²) >= 11 is 2.66. The van der Waals surface area contributed by atoms with E-state index in [1.165, 1.54) is 55.0 Å². The molecule has 2 saturated carbocycles. The highest BCUT2D eigenvalue weighted by atomic mass is 32.2. The van der Waals surface area contributed by atoms with Crippen molar-refractivity contribution in [2.45, 2.75) is 79.7 Å². The van der Waals surface area contributed by atoms with E-state index in [2.05, 4.69) is 32.1 Å². The van der Waals surface area contributed by atoms with E-state index < -0.39 is 5.97 Å². The molecule has 10 heteroatoms. The number of carbonyl (C=O) groups excluding carboxylic acids is 1. The van der Waals surface area contributed by atoms with Gasteiger partial charge in [0.05, 0.1) is 10.4 Å². The molecule has 0 atom stereocenters. The first-order chi connectivity index (χ1) is 14.5. The lowest BCUT2D eigenvalue weighted by Gasteiger charge is -2.39. The van der Waals surface area contributed by atoms with Crippen LogP contribution in [0, 0.1) is 5.92 Å². The van der Waals surface area contributed by atoms with Crippen molar-refractivity contribution in [3.8, 4) is 0 Å². The number of carboxylic acids is 1. The highest BCUT2D eigenvalue weighted by Crippen LogP contribution is 2.35. The van der Waals surface area contributed by atoms with Gasteiger partial charge in [-0.25, -0.2) is 19.6 Å². The molecule has 0 bridgehead atoms. The van der Waals surface area contributed by atoms with Crippen molar-refractivity contribution >= 4 is 40.2 Å². The van der Waals surface area contributed by atoms with Crippen LogP contribution in [0.15, 0.2) is 21.8 Å². The third kappa shape index (κ3) is 4.97. The number of urea groups is 1. The number of hydrogen-bond acceptors (Lipinski definition) is 6. The number of carboxylic acid groups (broad SMARTS) is 1. The molecule has 3 N–H and O–H groups in total. The number of H-pyrrole nitrogens is 1. The van der Waals surface area contributed by atoms with Crippen molar-refractivity contribution in [3.63, 3.8) is 0 Å². The van der Waals surface area contributed by atoms with Crippen molar-refractivity contribution in [1.29, 1.82) is 0 Å². The topological polar surface area (TPSA) is 111 Å². The van der Waals surface area contributed by atoms with Gasteiger partial charge in [-0.15, -0.1) is 0 Å². The Kier molecular flexibility index (Phi) is 6.62. The standard InChI is InChI=1S/C20H27N5O3S2/c1-12-6-8-14(9-7-12)25(13-4-2-3-5-13)20(28)24-19-22-11-16(30-19)29-18-21-10-15(23-18)17(26)27/h10-14H,2-9H2,1H3,(H,21,23)(H,26,27)(H,22,24,28). The molecule has 0 radical (unpaired) electrons. The number of rotatable bonds is 6. The molecule has 2 heterocycles. The minimum Gasteiger partial charge on any atom is -0.476 e. The smallest absolute Gasteiger partial charge is 0.356 e. The van der Waals surface area contributed by atoms with Crippen molar-refractivity contribution in [3.05, 3.63) is 18.1 Å². The summed E-state index contributed by atoms with van der Waals surface area (Å²) < 4.78 is 0.829. The Morgan fingerprint density at radius 1 is 1.20 bits per heavy atom. The number of aromatic amines is 1. The third-order valence-electron chi connectivity index (χ3n) is 6.00. The number of carbonyl (C=O) groups is 2. The van der Waals surface area contributed by atoms with Gasteiger partial charge in [0.2, 0.25) is 0 Å². The third-order valence-corrected chi connectivity index (χ3v) is 7.92. The summed E-state index contributed by atoms with van der Waals surface area (Å²) in [5.74, 6) is -0.323. The van der Waals surface area contributed by atoms with E-state index in [1.807, 2.05) is 0 Å². The predicted molar refractivity (Wildman–Crippen MR) is 116 cm³/mol. The Labute approximate surface area is 183 Å². The molecular formula is C20H27N5O3S2. The molecule has 0 spiro atoms. The zero-order chi connectivity index (χ0) is 21.1. The van der Waals surface area contributed by atoms with Crippen molar-refractivity contribution in [2.75, 3.05) is 5.32 Å². The summed E-state index contributed by atoms with van der Waals surface area (Å²) in [4.78, 5) is 37.5. The summed E-state index contributed by atoms with van der Waals surface area (Å²) in [5, 5.41) is 13.0. The molecule has 0 aromatic carbocycles. The van der Waals surface area contributed by atoms with Gasteiger partial charge in [0.1, 0.15) is 0 Å². The maximum atomic E-state index is 13.2. The first-order valence-electron chi connectivity index (χ1n) is 10.5. The van der Waals surface area contributed by atoms with E-state index in [0.717, 1.165) is 35.8 Å². The van der Waals surface area contributed by atoms with Crippen LogP contribution in [0.4, 0.5) is 9.93 Å². The van der Waals surface area contributed by atoms with Crippen LogP contribution < -0.4 is 5.32 Å². The number of nitrogens with one attached hydrogen (secondary N) is 2. The Morgan fingerprint density at radius 3 is 2.57 bits per heavy atom. The predicted octanol–water partition coefficient (Wildman–Crippen LogP) is 5.07. The molecule has 4 rings (SSSR count). The Morgan fingerprint density at radius 2 is 1.90 bits per heavy atom. The number of amides is 2. The van der Waals surface area contributed by atoms with Gasteiger partial charge in [-0.1, -0.05) is 31.1 Å². The largest absolute Gasteiger partial charge is 0.476 e. The van der Waals surface area contributed by atoms with Crippen molar-refractivity contribution < 1.29 is 14.7 Å². The van der Waals surface area contributed by atoms with Crippen LogP contribution in [-0.4, -0.2) is 49.0 Å². The molecule has 0 aliphatic heterocycles. The number of anilines is 1. The lowest BCUT2D eigenvalue weighted by Crippen LogP contribution is -2.49. The highest BCUT2D eigenvalue weighted by molar-refractivity contribution is 8.01. The summed E-state index contributed by atoms with van der Waals surface area (Å²) in [6.45, 7) is 2.30. The molecular weight excluding hydrogens is 422 g/mol. The van der Waals surface area contributed by atoms with Gasteiger partial charge in [0.15, 0.2) is 16.0 Å². The van der Waals surface area contributed by atoms with Crippen LogP contribution in [0.25, 0.3) is 0 Å². The molecule has 0 saturated heterocycles. The number of aromatic carboxylic acids is 1. The minimum absolute atomic E-state index is 0.0236. The molecule has 2 aliphatic carbocycles. The quantitative estimate of drug-likeness (QED) is 0.568. The normalized spacial score (nSPS) is 22.2. The van der Waals surface area contributed by atoms with Crippen LogP contribution >= 0.6 is 23.1 Å². The number of aromatic nitrogens is 3. The van der Waals surface area contributed by atoms with Crippen LogP contribution in [-0.2, 0) is 0 Å². The van der Waals surface area contributed by atoms with Crippen LogP contribution in [0.1, 0.15) is 68.8 Å². The Balaban J connectivity index is 1.41. The van der Waals surface area contributed by atoms with E-state index in [9.17, 15) is 9.59 Å². The molecule has 0 unspecified atom stereocenters. The maximum absolute atomic E-state index is 13.2. The van der Waals surface area contributed by atoms with E-state index in [4.69, 9.17) is 5.11 Å². The van der Waals surface area contributed by atoms with E-state index in [-0.39, 0.29) is 11.7 Å². The van der Waals surface area contributed by atoms with E-state index >= 15 is 0 Å². The summed E-state index contributed by atoms with van der Waals surface area (Å²) in [6, 6.07) is 0.601. The van der Waals surface area contributed by atoms with E-state index in [1.54, 1.807) is 6.20 Å². The fourth-order valence-electron chi connectivity index (χ4n) is 4.41. The van der Waals surface area contributed by atoms with Gasteiger partial charge in [-0.2, -0.15) is 0 Å². The van der Waals surface area contributed by atoms with Gasteiger partial charge in [-0.3, -0.25) is 5.32 Å². The molecule has 2 aromatic rings. The summed E-state index contributed by atoms with van der Waals surface area (Å²) in [7, 11) is 0. The molecule has 2 fully saturated rings. The van der Waals surface area contributed by atoms with Crippen LogP contribution in [0.5, 0.6) is 0 Å². The fraction of sp³-hybridized carbons (Fsp3) is 0.600. The second kappa shape index (κ2) is 9.38. The lowest BCUT2D eigenvalue weighted by atomic mass is 9.86. The number of thiazole rings is 1. The van der Waals surface area contributed by atoms with Crippen molar-refractivity contribution in [1.82, 2.24) is 19.9 Å². The molecule has 8 nitrogen and oxygen atoms in total. The van der Waals surface area contributed by atoms with E-state index in [0.29, 0.717) is 22.4 Å². The Hall–Kier alpha value is -2.07. The molecule has 162 valence electrons.